The predicted molar refractivity (Wildman–Crippen MR) is 103 cm³/mol. The van der Waals surface area contributed by atoms with Crippen LogP contribution in [0, 0.1) is 29.1 Å². The summed E-state index contributed by atoms with van der Waals surface area (Å²) in [6.07, 6.45) is 2.62. The minimum Gasteiger partial charge on any atom is -0.459 e. The lowest BCUT2D eigenvalue weighted by Gasteiger charge is -2.56. The van der Waals surface area contributed by atoms with E-state index in [0.717, 1.165) is 19.3 Å². The molecule has 0 aromatic rings. The second-order valence-corrected chi connectivity index (χ2v) is 10.7. The maximum absolute atomic E-state index is 12.3. The van der Waals surface area contributed by atoms with Crippen molar-refractivity contribution in [3.8, 4) is 0 Å². The summed E-state index contributed by atoms with van der Waals surface area (Å²) in [5, 5.41) is 0. The van der Waals surface area contributed by atoms with Gasteiger partial charge in [0, 0.05) is 30.1 Å². The quantitative estimate of drug-likeness (QED) is 0.280. The first-order chi connectivity index (χ1) is 11.2. The molecule has 0 aromatic heterocycles. The highest BCUT2D eigenvalue weighted by Crippen LogP contribution is 2.70. The Morgan fingerprint density at radius 3 is 2.75 bits per heavy atom. The highest BCUT2D eigenvalue weighted by atomic mass is 127. The van der Waals surface area contributed by atoms with Crippen molar-refractivity contribution in [2.75, 3.05) is 0 Å². The highest BCUT2D eigenvalue weighted by molar-refractivity contribution is 14.1. The fraction of sp³-hybridized carbons (Fsp3) is 0.882. The van der Waals surface area contributed by atoms with Crippen molar-refractivity contribution >= 4 is 57.1 Å². The van der Waals surface area contributed by atoms with Crippen LogP contribution in [0.3, 0.4) is 0 Å². The maximum atomic E-state index is 12.3. The zero-order chi connectivity index (χ0) is 17.4. The molecule has 2 saturated heterocycles. The molecule has 5 nitrogen and oxygen atoms in total. The van der Waals surface area contributed by atoms with Crippen molar-refractivity contribution in [3.63, 3.8) is 0 Å². The van der Waals surface area contributed by atoms with Crippen molar-refractivity contribution in [3.05, 3.63) is 0 Å². The summed E-state index contributed by atoms with van der Waals surface area (Å²) < 4.78 is 17.4. The minimum absolute atomic E-state index is 0.00330. The molecule has 0 radical (unpaired) electrons. The third-order valence-corrected chi connectivity index (χ3v) is 9.97. The summed E-state index contributed by atoms with van der Waals surface area (Å²) in [6.45, 7) is 5.57. The lowest BCUT2D eigenvalue weighted by atomic mass is 9.52. The van der Waals surface area contributed by atoms with E-state index in [1.165, 1.54) is 6.92 Å². The first-order valence-corrected chi connectivity index (χ1v) is 10.9. The number of hydrogen-bond acceptors (Lipinski definition) is 5. The monoisotopic (exact) mass is 560 g/mol. The van der Waals surface area contributed by atoms with Crippen molar-refractivity contribution in [1.82, 2.24) is 0 Å². The summed E-state index contributed by atoms with van der Waals surface area (Å²) in [4.78, 5) is 23.9. The number of hydrogen-bond donors (Lipinski definition) is 0. The lowest BCUT2D eigenvalue weighted by Crippen LogP contribution is -2.61. The summed E-state index contributed by atoms with van der Waals surface area (Å²) in [6, 6.07) is 0. The van der Waals surface area contributed by atoms with Gasteiger partial charge in [0.25, 0.3) is 0 Å². The number of rotatable bonds is 1. The van der Waals surface area contributed by atoms with Crippen LogP contribution in [-0.2, 0) is 23.8 Å². The molecule has 7 heteroatoms. The largest absolute Gasteiger partial charge is 0.459 e. The number of carbonyl (C=O) groups is 2. The first kappa shape index (κ1) is 17.8. The van der Waals surface area contributed by atoms with Crippen molar-refractivity contribution < 1.29 is 23.8 Å². The Bertz CT molecular complexity index is 598. The van der Waals surface area contributed by atoms with Crippen LogP contribution in [0.15, 0.2) is 0 Å². The summed E-state index contributed by atoms with van der Waals surface area (Å²) >= 11 is 4.78. The second kappa shape index (κ2) is 5.68. The normalized spacial score (nSPS) is 55.5. The highest BCUT2D eigenvalue weighted by Gasteiger charge is 2.73. The Morgan fingerprint density at radius 1 is 1.38 bits per heavy atom. The Hall–Kier alpha value is 0.360. The standard InChI is InChI=1S/C17H22I2O5/c1-7-10-4-5-16-6-11(23-15(16)18)12(22-9(3)20)8(2)13(16)17(10,19)24-14(7)21/h7-8,10-13,15H,4-6H2,1-3H3/t7-,8+,10?,11-,12+,13-,15?,16+,17+/m0/s1. The summed E-state index contributed by atoms with van der Waals surface area (Å²) in [7, 11) is 0. The van der Waals surface area contributed by atoms with Gasteiger partial charge in [0.15, 0.2) is 3.61 Å². The van der Waals surface area contributed by atoms with Crippen molar-refractivity contribution in [2.45, 2.75) is 60.0 Å². The molecule has 24 heavy (non-hydrogen) atoms. The Morgan fingerprint density at radius 2 is 2.08 bits per heavy atom. The van der Waals surface area contributed by atoms with E-state index in [-0.39, 0.29) is 57.3 Å². The molecule has 2 saturated carbocycles. The van der Waals surface area contributed by atoms with Gasteiger partial charge in [0.2, 0.25) is 0 Å². The SMILES string of the molecule is CC(=O)O[C@@H]1[C@@H](C)[C@H]2[C@@]3(CCC4[C@H](C)C(=O)O[C@]42I)C[C@@H]1OC3I. The lowest BCUT2D eigenvalue weighted by molar-refractivity contribution is -0.176. The van der Waals surface area contributed by atoms with Gasteiger partial charge in [0.1, 0.15) is 10.2 Å². The number of halogens is 2. The van der Waals surface area contributed by atoms with E-state index < -0.39 is 3.61 Å². The third kappa shape index (κ3) is 2.18. The van der Waals surface area contributed by atoms with Crippen LogP contribution in [0.25, 0.3) is 0 Å². The zero-order valence-corrected chi connectivity index (χ0v) is 18.3. The van der Waals surface area contributed by atoms with E-state index in [9.17, 15) is 9.59 Å². The average molecular weight is 560 g/mol. The molecule has 4 fully saturated rings. The molecule has 2 heterocycles. The molecule has 1 spiro atoms. The molecule has 2 bridgehead atoms. The number of alkyl halides is 2. The average Bonchev–Trinajstić information content (AvgIpc) is 2.88. The van der Waals surface area contributed by atoms with Gasteiger partial charge >= 0.3 is 11.9 Å². The van der Waals surface area contributed by atoms with Crippen LogP contribution in [0.2, 0.25) is 0 Å². The van der Waals surface area contributed by atoms with Gasteiger partial charge in [-0.25, -0.2) is 0 Å². The molecule has 2 unspecified atom stereocenters. The molecule has 2 aliphatic carbocycles. The summed E-state index contributed by atoms with van der Waals surface area (Å²) in [5.41, 5.74) is 0.00330. The van der Waals surface area contributed by atoms with Crippen LogP contribution in [0.4, 0.5) is 0 Å². The number of fused-ring (bicyclic) bond motifs is 3. The number of ether oxygens (including phenoxy) is 3. The molecule has 0 N–H and O–H groups in total. The van der Waals surface area contributed by atoms with Crippen LogP contribution in [-0.4, -0.2) is 31.9 Å². The molecule has 0 amide bonds. The molecular weight excluding hydrogens is 538 g/mol. The second-order valence-electron chi connectivity index (χ2n) is 7.89. The Labute approximate surface area is 169 Å². The summed E-state index contributed by atoms with van der Waals surface area (Å²) in [5.74, 6) is 0.0439. The number of carbonyl (C=O) groups excluding carboxylic acids is 2. The smallest absolute Gasteiger partial charge is 0.310 e. The third-order valence-electron chi connectivity index (χ3n) is 6.74. The molecular formula is C17H22I2O5. The van der Waals surface area contributed by atoms with Crippen LogP contribution < -0.4 is 0 Å². The van der Waals surface area contributed by atoms with E-state index >= 15 is 0 Å². The molecule has 4 rings (SSSR count). The van der Waals surface area contributed by atoms with Crippen LogP contribution >= 0.6 is 45.2 Å². The van der Waals surface area contributed by atoms with Gasteiger partial charge < -0.3 is 14.2 Å². The molecule has 134 valence electrons. The van der Waals surface area contributed by atoms with Crippen LogP contribution in [0.5, 0.6) is 0 Å². The Kier molecular flexibility index (Phi) is 4.20. The van der Waals surface area contributed by atoms with E-state index in [0.29, 0.717) is 0 Å². The van der Waals surface area contributed by atoms with Gasteiger partial charge in [-0.05, 0) is 41.9 Å². The minimum atomic E-state index is -0.521. The molecule has 4 aliphatic rings. The van der Waals surface area contributed by atoms with Gasteiger partial charge in [-0.3, -0.25) is 9.59 Å². The topological polar surface area (TPSA) is 61.8 Å². The molecule has 0 aromatic carbocycles. The Balaban J connectivity index is 1.78. The van der Waals surface area contributed by atoms with Gasteiger partial charge in [-0.15, -0.1) is 0 Å². The van der Waals surface area contributed by atoms with E-state index in [1.807, 2.05) is 6.92 Å². The van der Waals surface area contributed by atoms with Crippen LogP contribution in [0.1, 0.15) is 40.0 Å². The van der Waals surface area contributed by atoms with E-state index in [4.69, 9.17) is 14.2 Å². The molecule has 2 aliphatic heterocycles. The van der Waals surface area contributed by atoms with Crippen molar-refractivity contribution in [2.24, 2.45) is 29.1 Å². The van der Waals surface area contributed by atoms with E-state index in [1.54, 1.807) is 0 Å². The fourth-order valence-corrected chi connectivity index (χ4v) is 9.39. The van der Waals surface area contributed by atoms with Gasteiger partial charge in [-0.1, -0.05) is 36.4 Å². The van der Waals surface area contributed by atoms with E-state index in [2.05, 4.69) is 52.1 Å². The maximum Gasteiger partial charge on any atom is 0.310 e. The zero-order valence-electron chi connectivity index (χ0n) is 14.0. The number of esters is 2. The fourth-order valence-electron chi connectivity index (χ4n) is 5.81. The van der Waals surface area contributed by atoms with Gasteiger partial charge in [-0.2, -0.15) is 0 Å². The van der Waals surface area contributed by atoms with Gasteiger partial charge in [0.05, 0.1) is 12.0 Å². The predicted octanol–water partition coefficient (Wildman–Crippen LogP) is 3.45. The molecule has 9 atom stereocenters. The van der Waals surface area contributed by atoms with Crippen molar-refractivity contribution in [1.29, 1.82) is 0 Å². The first-order valence-electron chi connectivity index (χ1n) is 8.59.